The van der Waals surface area contributed by atoms with E-state index < -0.39 is 96.1 Å². The van der Waals surface area contributed by atoms with Gasteiger partial charge >= 0.3 is 5.97 Å². The van der Waals surface area contributed by atoms with E-state index >= 15 is 0 Å². The maximum Gasteiger partial charge on any atom is 0.311 e. The number of carbonyl (C=O) groups excluding carboxylic acids is 1. The van der Waals surface area contributed by atoms with Crippen LogP contribution in [-0.2, 0) is 47.4 Å². The van der Waals surface area contributed by atoms with Crippen LogP contribution in [0.3, 0.4) is 0 Å². The molecule has 4 saturated heterocycles. The molecule has 5 N–H and O–H groups in total. The molecule has 4 aliphatic rings. The lowest BCUT2D eigenvalue weighted by Crippen LogP contribution is -2.67. The summed E-state index contributed by atoms with van der Waals surface area (Å²) in [7, 11) is 6.90. The third kappa shape index (κ3) is 11.1. The van der Waals surface area contributed by atoms with Gasteiger partial charge in [-0.15, -0.1) is 0 Å². The molecular weight excluding hydrogens is 756 g/mol. The van der Waals surface area contributed by atoms with Crippen LogP contribution in [0, 0.1) is 23.7 Å². The van der Waals surface area contributed by atoms with E-state index in [0.717, 1.165) is 0 Å². The van der Waals surface area contributed by atoms with Crippen molar-refractivity contribution in [2.45, 2.75) is 191 Å². The molecule has 20 atom stereocenters. The molecule has 0 aromatic carbocycles. The third-order valence-corrected chi connectivity index (χ3v) is 13.5. The Kier molecular flexibility index (Phi) is 17.4. The largest absolute Gasteiger partial charge is 0.459 e. The third-order valence-electron chi connectivity index (χ3n) is 13.5. The molecule has 340 valence electrons. The number of nitrogens with zero attached hydrogens (tertiary/aromatic N) is 1. The van der Waals surface area contributed by atoms with E-state index in [1.54, 1.807) is 41.7 Å². The van der Waals surface area contributed by atoms with E-state index in [1.165, 1.54) is 7.11 Å². The number of hydrogen-bond acceptors (Lipinski definition) is 16. The summed E-state index contributed by atoms with van der Waals surface area (Å²) in [5, 5.41) is 51.5. The van der Waals surface area contributed by atoms with E-state index in [9.17, 15) is 25.2 Å². The monoisotopic (exact) mass is 835 g/mol. The van der Waals surface area contributed by atoms with Gasteiger partial charge in [-0.05, 0) is 80.8 Å². The normalized spacial score (nSPS) is 48.7. The standard InChI is InChI=1S/C42H78N2O14/c1-15-29-42(10,49)37-24(4)32(43-30(56-37)21-52-17-16-50-13)22(2)19-40(8,48)36(58-39-33(45)28(44(11)12)18-23(3)53-39)25(5)34(26(6)38(47)55-29)57-31-20-41(9,51-14)35(46)27(7)54-31/h22-37,39,43,45-46,48-49H,15-21H2,1-14H3/t22-,23?,24+,25+,26-,27+,28+,29-,30-,31+,32+,33-,34+,35+,36-,37-,39+,40-,41-,42-/m1/s1. The molecule has 0 radical (unpaired) electrons. The Morgan fingerprint density at radius 3 is 2.19 bits per heavy atom. The fourth-order valence-electron chi connectivity index (χ4n) is 10.0. The SMILES string of the molecule is CC[C@H]1OC(=O)[C@H](C)[C@@H](O[C@H]2C[C@@](C)(OC)[C@@H](O)[C@H](C)O2)[C@H](C)[C@@H](O[C@@H]2OC(C)C[C@H](N(C)C)[C@H]2O)[C@](C)(O)C[C@@H](C)[C@@H]2N[C@@H](COCCOC)O[C@H]([C@H]2C)[C@]1(C)O. The van der Waals surface area contributed by atoms with Crippen LogP contribution >= 0.6 is 0 Å². The van der Waals surface area contributed by atoms with Gasteiger partial charge in [0.2, 0.25) is 0 Å². The fraction of sp³-hybridized carbons (Fsp3) is 0.976. The summed E-state index contributed by atoms with van der Waals surface area (Å²) in [5.74, 6) is -2.95. The number of nitrogens with one attached hydrogen (secondary N) is 1. The highest BCUT2D eigenvalue weighted by Gasteiger charge is 2.55. The highest BCUT2D eigenvalue weighted by molar-refractivity contribution is 5.73. The maximum atomic E-state index is 14.5. The number of rotatable bonds is 12. The number of likely N-dealkylation sites (N-methyl/N-ethyl adjacent to an activating group) is 1. The van der Waals surface area contributed by atoms with Crippen molar-refractivity contribution in [1.29, 1.82) is 0 Å². The summed E-state index contributed by atoms with van der Waals surface area (Å²) < 4.78 is 55.7. The number of methoxy groups -OCH3 is 2. The molecule has 0 amide bonds. The van der Waals surface area contributed by atoms with Crippen LogP contribution in [0.2, 0.25) is 0 Å². The van der Waals surface area contributed by atoms with E-state index in [1.807, 2.05) is 53.6 Å². The van der Waals surface area contributed by atoms with Gasteiger partial charge in [0.25, 0.3) is 0 Å². The average Bonchev–Trinajstić information content (AvgIpc) is 3.15. The number of fused-ring (bicyclic) bond motifs is 2. The van der Waals surface area contributed by atoms with Crippen LogP contribution in [0.1, 0.15) is 94.9 Å². The van der Waals surface area contributed by atoms with Gasteiger partial charge in [-0.3, -0.25) is 10.1 Å². The molecule has 0 spiro atoms. The minimum absolute atomic E-state index is 0.137. The molecule has 0 aliphatic carbocycles. The summed E-state index contributed by atoms with van der Waals surface area (Å²) in [5.41, 5.74) is -4.27. The van der Waals surface area contributed by atoms with Crippen LogP contribution < -0.4 is 5.32 Å². The molecule has 1 unspecified atom stereocenters. The summed E-state index contributed by atoms with van der Waals surface area (Å²) in [4.78, 5) is 16.4. The lowest BCUT2D eigenvalue weighted by molar-refractivity contribution is -0.318. The van der Waals surface area contributed by atoms with E-state index in [-0.39, 0.29) is 55.9 Å². The van der Waals surface area contributed by atoms with Gasteiger partial charge in [0.15, 0.2) is 12.6 Å². The zero-order valence-electron chi connectivity index (χ0n) is 37.6. The second kappa shape index (κ2) is 20.4. The second-order valence-electron chi connectivity index (χ2n) is 18.6. The summed E-state index contributed by atoms with van der Waals surface area (Å²) in [6.07, 6.45) is -8.29. The molecule has 0 aromatic rings. The highest BCUT2D eigenvalue weighted by atomic mass is 16.7. The van der Waals surface area contributed by atoms with Gasteiger partial charge in [-0.1, -0.05) is 27.7 Å². The molecule has 2 bridgehead atoms. The smallest absolute Gasteiger partial charge is 0.311 e. The Hall–Kier alpha value is -1.09. The zero-order chi connectivity index (χ0) is 43.5. The maximum absolute atomic E-state index is 14.5. The summed E-state index contributed by atoms with van der Waals surface area (Å²) in [6.45, 7) is 19.1. The van der Waals surface area contributed by atoms with Crippen LogP contribution in [-0.4, -0.2) is 176 Å². The number of ether oxygens (including phenoxy) is 9. The first-order valence-corrected chi connectivity index (χ1v) is 21.4. The van der Waals surface area contributed by atoms with Gasteiger partial charge in [-0.25, -0.2) is 0 Å². The first-order chi connectivity index (χ1) is 27.0. The molecule has 4 rings (SSSR count). The fourth-order valence-corrected chi connectivity index (χ4v) is 10.0. The Morgan fingerprint density at radius 1 is 0.914 bits per heavy atom. The number of hydrogen-bond donors (Lipinski definition) is 5. The number of aliphatic hydroxyl groups excluding tert-OH is 2. The molecule has 58 heavy (non-hydrogen) atoms. The molecule has 0 saturated carbocycles. The van der Waals surface area contributed by atoms with E-state index in [2.05, 4.69) is 5.32 Å². The quantitative estimate of drug-likeness (QED) is 0.142. The molecule has 0 aromatic heterocycles. The predicted octanol–water partition coefficient (Wildman–Crippen LogP) is 2.20. The van der Waals surface area contributed by atoms with Crippen LogP contribution in [0.4, 0.5) is 0 Å². The summed E-state index contributed by atoms with van der Waals surface area (Å²) in [6, 6.07) is -0.593. The van der Waals surface area contributed by atoms with E-state index in [0.29, 0.717) is 19.6 Å². The van der Waals surface area contributed by atoms with Crippen LogP contribution in [0.25, 0.3) is 0 Å². The van der Waals surface area contributed by atoms with Crippen molar-refractivity contribution in [3.63, 3.8) is 0 Å². The van der Waals surface area contributed by atoms with Crippen molar-refractivity contribution in [2.24, 2.45) is 23.7 Å². The first kappa shape index (κ1) is 49.6. The molecule has 4 aliphatic heterocycles. The Balaban J connectivity index is 1.83. The topological polar surface area (TPSA) is 196 Å². The average molecular weight is 835 g/mol. The summed E-state index contributed by atoms with van der Waals surface area (Å²) >= 11 is 0. The highest BCUT2D eigenvalue weighted by Crippen LogP contribution is 2.43. The molecular formula is C42H78N2O14. The van der Waals surface area contributed by atoms with Crippen LogP contribution in [0.15, 0.2) is 0 Å². The Labute approximate surface area is 346 Å². The molecule has 16 heteroatoms. The van der Waals surface area contributed by atoms with Gasteiger partial charge in [0.05, 0.1) is 67.5 Å². The van der Waals surface area contributed by atoms with Gasteiger partial charge in [0.1, 0.15) is 30.1 Å². The van der Waals surface area contributed by atoms with Crippen molar-refractivity contribution in [1.82, 2.24) is 10.2 Å². The predicted molar refractivity (Wildman–Crippen MR) is 214 cm³/mol. The van der Waals surface area contributed by atoms with Crippen molar-refractivity contribution < 1.29 is 67.9 Å². The number of cyclic esters (lactones) is 1. The molecule has 4 fully saturated rings. The zero-order valence-corrected chi connectivity index (χ0v) is 37.6. The van der Waals surface area contributed by atoms with Crippen LogP contribution in [0.5, 0.6) is 0 Å². The van der Waals surface area contributed by atoms with Crippen molar-refractivity contribution in [3.8, 4) is 0 Å². The lowest BCUT2D eigenvalue weighted by atomic mass is 9.71. The number of carbonyl (C=O) groups is 1. The van der Waals surface area contributed by atoms with Gasteiger partial charge in [-0.2, -0.15) is 0 Å². The Bertz CT molecular complexity index is 1290. The van der Waals surface area contributed by atoms with Crippen molar-refractivity contribution in [2.75, 3.05) is 48.1 Å². The number of aliphatic hydroxyl groups is 4. The second-order valence-corrected chi connectivity index (χ2v) is 18.6. The molecule has 16 nitrogen and oxygen atoms in total. The van der Waals surface area contributed by atoms with Gasteiger partial charge in [0, 0.05) is 44.6 Å². The lowest BCUT2D eigenvalue weighted by Gasteiger charge is -2.52. The Morgan fingerprint density at radius 2 is 1.59 bits per heavy atom. The first-order valence-electron chi connectivity index (χ1n) is 21.4. The van der Waals surface area contributed by atoms with Crippen molar-refractivity contribution in [3.05, 3.63) is 0 Å². The van der Waals surface area contributed by atoms with E-state index in [4.69, 9.17) is 42.6 Å². The molecule has 4 heterocycles. The minimum Gasteiger partial charge on any atom is -0.459 e. The minimum atomic E-state index is -1.64. The number of esters is 1. The van der Waals surface area contributed by atoms with Crippen molar-refractivity contribution >= 4 is 5.97 Å². The van der Waals surface area contributed by atoms with Gasteiger partial charge < -0.3 is 68.0 Å².